The fourth-order valence-electron chi connectivity index (χ4n) is 3.80. The minimum Gasteiger partial charge on any atom is -0.468 e. The highest BCUT2D eigenvalue weighted by Gasteiger charge is 2.55. The Kier molecular flexibility index (Phi) is 3.82. The van der Waals surface area contributed by atoms with E-state index in [9.17, 15) is 9.59 Å². The van der Waals surface area contributed by atoms with Gasteiger partial charge in [0, 0.05) is 32.5 Å². The van der Waals surface area contributed by atoms with Crippen molar-refractivity contribution in [3.05, 3.63) is 29.8 Å². The van der Waals surface area contributed by atoms with Crippen LogP contribution in [0.25, 0.3) is 0 Å². The van der Waals surface area contributed by atoms with Gasteiger partial charge in [0.25, 0.3) is 0 Å². The number of fused-ring (bicyclic) bond motifs is 4. The van der Waals surface area contributed by atoms with Crippen LogP contribution in [0.4, 0.5) is 0 Å². The van der Waals surface area contributed by atoms with E-state index in [-0.39, 0.29) is 17.7 Å². The van der Waals surface area contributed by atoms with Crippen LogP contribution in [0, 0.1) is 5.92 Å². The number of likely N-dealkylation sites (tertiary alicyclic amines) is 1. The largest absolute Gasteiger partial charge is 0.468 e. The third kappa shape index (κ3) is 2.30. The van der Waals surface area contributed by atoms with Crippen molar-refractivity contribution in [1.82, 2.24) is 9.80 Å². The molecule has 23 heavy (non-hydrogen) atoms. The van der Waals surface area contributed by atoms with E-state index in [1.807, 2.05) is 45.0 Å². The van der Waals surface area contributed by atoms with Gasteiger partial charge in [-0.1, -0.05) is 18.2 Å². The van der Waals surface area contributed by atoms with Gasteiger partial charge in [0.1, 0.15) is 11.7 Å². The second-order valence-electron chi connectivity index (χ2n) is 6.51. The molecule has 0 N–H and O–H groups in total. The van der Waals surface area contributed by atoms with Gasteiger partial charge in [0.05, 0.1) is 0 Å². The molecule has 0 radical (unpaired) electrons. The molecule has 5 heteroatoms. The Morgan fingerprint density at radius 2 is 2.00 bits per heavy atom. The van der Waals surface area contributed by atoms with Crippen LogP contribution in [-0.2, 0) is 9.59 Å². The molecular weight excluding hydrogens is 292 g/mol. The topological polar surface area (TPSA) is 49.9 Å². The van der Waals surface area contributed by atoms with Gasteiger partial charge in [-0.15, -0.1) is 0 Å². The number of rotatable bonds is 3. The third-order valence-corrected chi connectivity index (χ3v) is 5.30. The molecule has 2 aliphatic rings. The third-order valence-electron chi connectivity index (χ3n) is 5.30. The van der Waals surface area contributed by atoms with Crippen LogP contribution < -0.4 is 4.74 Å². The molecule has 3 atom stereocenters. The standard InChI is InChI=1S/C18H24N2O3/c1-5-20(6-2)17(22)15-13-11-18(3,19(4)16(15)21)23-14-10-8-7-9-12(13)14/h7-10,13,15H,5-6,11H2,1-4H3/t13-,15?,18+/m0/s1. The number of hydrogen-bond acceptors (Lipinski definition) is 3. The first-order chi connectivity index (χ1) is 10.9. The minimum atomic E-state index is -0.684. The molecule has 5 nitrogen and oxygen atoms in total. The van der Waals surface area contributed by atoms with Crippen molar-refractivity contribution in [2.45, 2.75) is 38.8 Å². The van der Waals surface area contributed by atoms with Crippen LogP contribution in [0.3, 0.4) is 0 Å². The maximum absolute atomic E-state index is 13.0. The van der Waals surface area contributed by atoms with E-state index in [4.69, 9.17) is 4.74 Å². The van der Waals surface area contributed by atoms with E-state index < -0.39 is 11.6 Å². The fourth-order valence-corrected chi connectivity index (χ4v) is 3.80. The van der Waals surface area contributed by atoms with Gasteiger partial charge in [-0.25, -0.2) is 0 Å². The molecule has 1 unspecified atom stereocenters. The SMILES string of the molecule is CCN(CC)C(=O)C1C(=O)N(C)[C@@]2(C)C[C@H]1c1ccccc1O2. The zero-order chi connectivity index (χ0) is 16.8. The number of ether oxygens (including phenoxy) is 1. The Bertz CT molecular complexity index is 641. The predicted octanol–water partition coefficient (Wildman–Crippen LogP) is 2.23. The molecule has 124 valence electrons. The smallest absolute Gasteiger partial charge is 0.238 e. The number of hydrogen-bond donors (Lipinski definition) is 0. The van der Waals surface area contributed by atoms with Gasteiger partial charge in [0.2, 0.25) is 11.8 Å². The van der Waals surface area contributed by atoms with E-state index in [2.05, 4.69) is 0 Å². The Labute approximate surface area is 137 Å². The summed E-state index contributed by atoms with van der Waals surface area (Å²) in [6.45, 7) is 7.04. The average Bonchev–Trinajstić information content (AvgIpc) is 2.54. The number of carbonyl (C=O) groups excluding carboxylic acids is 2. The Hall–Kier alpha value is -2.04. The average molecular weight is 316 g/mol. The minimum absolute atomic E-state index is 0.0735. The van der Waals surface area contributed by atoms with E-state index in [1.54, 1.807) is 16.8 Å². The maximum atomic E-state index is 13.0. The summed E-state index contributed by atoms with van der Waals surface area (Å²) in [5.74, 6) is -0.214. The molecule has 2 bridgehead atoms. The molecule has 1 aromatic carbocycles. The first kappa shape index (κ1) is 15.8. The zero-order valence-corrected chi connectivity index (χ0v) is 14.2. The van der Waals surface area contributed by atoms with Crippen molar-refractivity contribution in [2.24, 2.45) is 5.92 Å². The molecule has 0 saturated carbocycles. The van der Waals surface area contributed by atoms with E-state index in [1.165, 1.54) is 0 Å². The van der Waals surface area contributed by atoms with Gasteiger partial charge < -0.3 is 14.5 Å². The quantitative estimate of drug-likeness (QED) is 0.804. The molecule has 2 heterocycles. The number of para-hydroxylation sites is 1. The Balaban J connectivity index is 2.08. The van der Waals surface area contributed by atoms with Crippen molar-refractivity contribution in [2.75, 3.05) is 20.1 Å². The molecule has 0 spiro atoms. The molecule has 0 aromatic heterocycles. The van der Waals surface area contributed by atoms with Crippen LogP contribution in [0.15, 0.2) is 24.3 Å². The summed E-state index contributed by atoms with van der Waals surface area (Å²) in [5.41, 5.74) is 0.285. The number of carbonyl (C=O) groups is 2. The molecule has 1 saturated heterocycles. The van der Waals surface area contributed by atoms with Gasteiger partial charge >= 0.3 is 0 Å². The van der Waals surface area contributed by atoms with E-state index >= 15 is 0 Å². The van der Waals surface area contributed by atoms with Crippen LogP contribution in [0.2, 0.25) is 0 Å². The highest BCUT2D eigenvalue weighted by atomic mass is 16.5. The summed E-state index contributed by atoms with van der Waals surface area (Å²) in [5, 5.41) is 0. The molecular formula is C18H24N2O3. The van der Waals surface area contributed by atoms with Crippen LogP contribution in [0.1, 0.15) is 38.7 Å². The van der Waals surface area contributed by atoms with Crippen molar-refractivity contribution in [3.8, 4) is 5.75 Å². The maximum Gasteiger partial charge on any atom is 0.238 e. The van der Waals surface area contributed by atoms with Crippen molar-refractivity contribution in [1.29, 1.82) is 0 Å². The monoisotopic (exact) mass is 316 g/mol. The van der Waals surface area contributed by atoms with E-state index in [0.717, 1.165) is 11.3 Å². The molecule has 1 aromatic rings. The molecule has 2 aliphatic heterocycles. The van der Waals surface area contributed by atoms with Crippen LogP contribution >= 0.6 is 0 Å². The summed E-state index contributed by atoms with van der Waals surface area (Å²) >= 11 is 0. The lowest BCUT2D eigenvalue weighted by molar-refractivity contribution is -0.174. The summed E-state index contributed by atoms with van der Waals surface area (Å²) in [7, 11) is 1.73. The lowest BCUT2D eigenvalue weighted by Gasteiger charge is -2.52. The predicted molar refractivity (Wildman–Crippen MR) is 87.0 cm³/mol. The van der Waals surface area contributed by atoms with E-state index in [0.29, 0.717) is 19.5 Å². The lowest BCUT2D eigenvalue weighted by Crippen LogP contribution is -2.63. The first-order valence-electron chi connectivity index (χ1n) is 8.27. The molecule has 2 amide bonds. The normalized spacial score (nSPS) is 28.9. The van der Waals surface area contributed by atoms with Gasteiger partial charge in [-0.05, 0) is 32.4 Å². The van der Waals surface area contributed by atoms with Crippen molar-refractivity contribution < 1.29 is 14.3 Å². The van der Waals surface area contributed by atoms with Gasteiger partial charge in [0.15, 0.2) is 5.72 Å². The fraction of sp³-hybridized carbons (Fsp3) is 0.556. The summed E-state index contributed by atoms with van der Waals surface area (Å²) < 4.78 is 6.09. The summed E-state index contributed by atoms with van der Waals surface area (Å²) in [6, 6.07) is 7.75. The first-order valence-corrected chi connectivity index (χ1v) is 8.27. The second kappa shape index (κ2) is 5.55. The molecule has 3 rings (SSSR count). The Morgan fingerprint density at radius 3 is 2.65 bits per heavy atom. The number of piperidine rings is 1. The second-order valence-corrected chi connectivity index (χ2v) is 6.51. The highest BCUT2D eigenvalue weighted by Crippen LogP contribution is 2.49. The number of benzene rings is 1. The summed E-state index contributed by atoms with van der Waals surface area (Å²) in [4.78, 5) is 29.2. The van der Waals surface area contributed by atoms with Gasteiger partial charge in [-0.3, -0.25) is 9.59 Å². The van der Waals surface area contributed by atoms with Crippen LogP contribution in [0.5, 0.6) is 5.75 Å². The zero-order valence-electron chi connectivity index (χ0n) is 14.2. The number of nitrogens with zero attached hydrogens (tertiary/aromatic N) is 2. The van der Waals surface area contributed by atoms with Gasteiger partial charge in [-0.2, -0.15) is 0 Å². The van der Waals surface area contributed by atoms with Crippen molar-refractivity contribution >= 4 is 11.8 Å². The highest BCUT2D eigenvalue weighted by molar-refractivity contribution is 6.02. The summed E-state index contributed by atoms with van der Waals surface area (Å²) in [6.07, 6.45) is 0.643. The number of amides is 2. The molecule has 0 aliphatic carbocycles. The Morgan fingerprint density at radius 1 is 1.35 bits per heavy atom. The van der Waals surface area contributed by atoms with Crippen molar-refractivity contribution in [3.63, 3.8) is 0 Å². The van der Waals surface area contributed by atoms with Crippen LogP contribution in [-0.4, -0.2) is 47.5 Å². The lowest BCUT2D eigenvalue weighted by atomic mass is 9.73. The molecule has 1 fully saturated rings.